The van der Waals surface area contributed by atoms with Gasteiger partial charge in [0.25, 0.3) is 0 Å². The van der Waals surface area contributed by atoms with E-state index in [-0.39, 0.29) is 5.60 Å². The Morgan fingerprint density at radius 2 is 1.63 bits per heavy atom. The van der Waals surface area contributed by atoms with E-state index in [2.05, 4.69) is 19.2 Å². The van der Waals surface area contributed by atoms with Gasteiger partial charge in [-0.05, 0) is 39.5 Å². The second-order valence-corrected chi connectivity index (χ2v) is 6.31. The molecule has 0 aromatic carbocycles. The van der Waals surface area contributed by atoms with Crippen molar-refractivity contribution < 1.29 is 14.2 Å². The monoisotopic (exact) mass is 271 g/mol. The van der Waals surface area contributed by atoms with E-state index in [1.165, 1.54) is 0 Å². The van der Waals surface area contributed by atoms with Crippen LogP contribution in [0.1, 0.15) is 53.4 Å². The quantitative estimate of drug-likeness (QED) is 0.852. The summed E-state index contributed by atoms with van der Waals surface area (Å²) in [6.07, 6.45) is 4.36. The first kappa shape index (κ1) is 15.2. The number of hydrogen-bond acceptors (Lipinski definition) is 4. The maximum atomic E-state index is 6.01. The van der Waals surface area contributed by atoms with Gasteiger partial charge in [0.2, 0.25) is 0 Å². The molecular weight excluding hydrogens is 242 g/mol. The first-order valence-electron chi connectivity index (χ1n) is 7.66. The Hall–Kier alpha value is -0.160. The molecule has 0 amide bonds. The Kier molecular flexibility index (Phi) is 4.88. The maximum Gasteiger partial charge on any atom is 0.162 e. The molecule has 2 saturated heterocycles. The molecule has 1 atom stereocenters. The summed E-state index contributed by atoms with van der Waals surface area (Å²) in [7, 11) is 0. The molecule has 0 aromatic rings. The second kappa shape index (κ2) is 6.08. The van der Waals surface area contributed by atoms with Gasteiger partial charge < -0.3 is 19.5 Å². The molecule has 0 radical (unpaired) electrons. The minimum absolute atomic E-state index is 0.0750. The van der Waals surface area contributed by atoms with E-state index in [0.717, 1.165) is 45.5 Å². The summed E-state index contributed by atoms with van der Waals surface area (Å²) >= 11 is 0. The smallest absolute Gasteiger partial charge is 0.162 e. The zero-order valence-electron chi connectivity index (χ0n) is 12.8. The van der Waals surface area contributed by atoms with Gasteiger partial charge in [0.1, 0.15) is 0 Å². The van der Waals surface area contributed by atoms with Crippen LogP contribution in [0.3, 0.4) is 0 Å². The molecule has 0 bridgehead atoms. The van der Waals surface area contributed by atoms with Gasteiger partial charge in [-0.15, -0.1) is 0 Å². The fourth-order valence-electron chi connectivity index (χ4n) is 3.03. The van der Waals surface area contributed by atoms with E-state index >= 15 is 0 Å². The molecule has 2 aliphatic rings. The summed E-state index contributed by atoms with van der Waals surface area (Å²) in [4.78, 5) is 0. The summed E-state index contributed by atoms with van der Waals surface area (Å²) in [5.41, 5.74) is 0.0750. The van der Waals surface area contributed by atoms with Crippen LogP contribution >= 0.6 is 0 Å². The van der Waals surface area contributed by atoms with Crippen LogP contribution in [0.4, 0.5) is 0 Å². The van der Waals surface area contributed by atoms with E-state index in [0.29, 0.717) is 12.1 Å². The highest BCUT2D eigenvalue weighted by molar-refractivity contribution is 4.90. The van der Waals surface area contributed by atoms with Crippen LogP contribution in [0.5, 0.6) is 0 Å². The molecule has 4 heteroatoms. The van der Waals surface area contributed by atoms with E-state index in [1.54, 1.807) is 0 Å². The molecule has 2 aliphatic heterocycles. The Morgan fingerprint density at radius 1 is 1.00 bits per heavy atom. The number of ether oxygens (including phenoxy) is 3. The van der Waals surface area contributed by atoms with Crippen molar-refractivity contribution in [3.05, 3.63) is 0 Å². The number of hydrogen-bond donors (Lipinski definition) is 1. The van der Waals surface area contributed by atoms with Crippen LogP contribution in [0, 0.1) is 0 Å². The third-order valence-corrected chi connectivity index (χ3v) is 4.52. The van der Waals surface area contributed by atoms with Gasteiger partial charge in [-0.2, -0.15) is 0 Å². The number of rotatable bonds is 4. The molecule has 19 heavy (non-hydrogen) atoms. The maximum absolute atomic E-state index is 6.01. The van der Waals surface area contributed by atoms with Crippen molar-refractivity contribution in [2.75, 3.05) is 19.8 Å². The van der Waals surface area contributed by atoms with Gasteiger partial charge in [0.15, 0.2) is 5.79 Å². The summed E-state index contributed by atoms with van der Waals surface area (Å²) in [5, 5.41) is 3.69. The van der Waals surface area contributed by atoms with Gasteiger partial charge in [0, 0.05) is 12.6 Å². The predicted octanol–water partition coefficient (Wildman–Crippen LogP) is 2.47. The van der Waals surface area contributed by atoms with Crippen LogP contribution in [0.15, 0.2) is 0 Å². The molecular formula is C15H29NO3. The Morgan fingerprint density at radius 3 is 2.21 bits per heavy atom. The van der Waals surface area contributed by atoms with E-state index < -0.39 is 5.79 Å². The van der Waals surface area contributed by atoms with Crippen molar-refractivity contribution in [3.8, 4) is 0 Å². The van der Waals surface area contributed by atoms with Crippen molar-refractivity contribution in [1.29, 1.82) is 0 Å². The fourth-order valence-corrected chi connectivity index (χ4v) is 3.03. The lowest BCUT2D eigenvalue weighted by atomic mass is 9.85. The first-order chi connectivity index (χ1) is 8.99. The topological polar surface area (TPSA) is 39.7 Å². The summed E-state index contributed by atoms with van der Waals surface area (Å²) in [6, 6.07) is 0.828. The largest absolute Gasteiger partial charge is 0.375 e. The van der Waals surface area contributed by atoms with Gasteiger partial charge in [-0.1, -0.05) is 13.8 Å². The summed E-state index contributed by atoms with van der Waals surface area (Å²) < 4.78 is 17.4. The molecule has 112 valence electrons. The minimum atomic E-state index is -0.426. The molecule has 0 aliphatic carbocycles. The van der Waals surface area contributed by atoms with Crippen molar-refractivity contribution in [2.45, 2.75) is 76.9 Å². The van der Waals surface area contributed by atoms with Gasteiger partial charge in [-0.25, -0.2) is 0 Å². The molecule has 4 nitrogen and oxygen atoms in total. The minimum Gasteiger partial charge on any atom is -0.375 e. The molecule has 0 saturated carbocycles. The average Bonchev–Trinajstić information content (AvgIpc) is 2.41. The first-order valence-corrected chi connectivity index (χ1v) is 7.66. The van der Waals surface area contributed by atoms with Crippen molar-refractivity contribution in [1.82, 2.24) is 5.32 Å². The zero-order valence-corrected chi connectivity index (χ0v) is 12.8. The number of nitrogens with one attached hydrogen (secondary N) is 1. The molecule has 2 heterocycles. The third kappa shape index (κ3) is 3.91. The van der Waals surface area contributed by atoms with Gasteiger partial charge in [0.05, 0.1) is 24.9 Å². The SMILES string of the molecule is CCC1(CC)CC(NC2COC(C)(C)OC2)CCO1. The van der Waals surface area contributed by atoms with E-state index in [1.807, 2.05) is 13.8 Å². The average molecular weight is 271 g/mol. The van der Waals surface area contributed by atoms with Crippen LogP contribution in [0.25, 0.3) is 0 Å². The van der Waals surface area contributed by atoms with Gasteiger partial charge >= 0.3 is 0 Å². The highest BCUT2D eigenvalue weighted by atomic mass is 16.7. The molecule has 1 N–H and O–H groups in total. The van der Waals surface area contributed by atoms with Crippen molar-refractivity contribution in [3.63, 3.8) is 0 Å². The Bertz CT molecular complexity index is 279. The zero-order chi connectivity index (χ0) is 13.9. The predicted molar refractivity (Wildman–Crippen MR) is 75.2 cm³/mol. The lowest BCUT2D eigenvalue weighted by Crippen LogP contribution is -2.55. The summed E-state index contributed by atoms with van der Waals surface area (Å²) in [6.45, 7) is 10.7. The van der Waals surface area contributed by atoms with Crippen molar-refractivity contribution in [2.24, 2.45) is 0 Å². The third-order valence-electron chi connectivity index (χ3n) is 4.52. The van der Waals surface area contributed by atoms with Crippen LogP contribution < -0.4 is 5.32 Å². The Balaban J connectivity index is 1.83. The molecule has 1 unspecified atom stereocenters. The van der Waals surface area contributed by atoms with Crippen molar-refractivity contribution >= 4 is 0 Å². The lowest BCUT2D eigenvalue weighted by molar-refractivity contribution is -0.254. The lowest BCUT2D eigenvalue weighted by Gasteiger charge is -2.43. The Labute approximate surface area is 117 Å². The summed E-state index contributed by atoms with van der Waals surface area (Å²) in [5.74, 6) is -0.426. The van der Waals surface area contributed by atoms with Crippen LogP contribution in [-0.4, -0.2) is 43.3 Å². The van der Waals surface area contributed by atoms with Crippen LogP contribution in [-0.2, 0) is 14.2 Å². The molecule has 2 fully saturated rings. The normalized spacial score (nSPS) is 31.3. The van der Waals surface area contributed by atoms with E-state index in [4.69, 9.17) is 14.2 Å². The van der Waals surface area contributed by atoms with E-state index in [9.17, 15) is 0 Å². The molecule has 2 rings (SSSR count). The molecule has 0 aromatic heterocycles. The standard InChI is InChI=1S/C15H29NO3/c1-5-15(6-2)9-12(7-8-17-15)16-13-10-18-14(3,4)19-11-13/h12-13,16H,5-11H2,1-4H3. The van der Waals surface area contributed by atoms with Gasteiger partial charge in [-0.3, -0.25) is 0 Å². The highest BCUT2D eigenvalue weighted by Gasteiger charge is 2.36. The highest BCUT2D eigenvalue weighted by Crippen LogP contribution is 2.31. The second-order valence-electron chi connectivity index (χ2n) is 6.31. The molecule has 0 spiro atoms. The fraction of sp³-hybridized carbons (Fsp3) is 1.00. The van der Waals surface area contributed by atoms with Crippen LogP contribution in [0.2, 0.25) is 0 Å².